The number of hydrogen-bond acceptors (Lipinski definition) is 0. The average molecular weight is 422 g/mol. The zero-order chi connectivity index (χ0) is 11.8. The molecule has 0 saturated heterocycles. The zero-order valence-electron chi connectivity index (χ0n) is 9.34. The van der Waals surface area contributed by atoms with Gasteiger partial charge in [0.15, 0.2) is 0 Å². The van der Waals surface area contributed by atoms with Crippen molar-refractivity contribution in [2.75, 3.05) is 0 Å². The molecular formula is C13H15Br2Zr. The van der Waals surface area contributed by atoms with E-state index in [9.17, 15) is 0 Å². The maximum absolute atomic E-state index is 3.23. The van der Waals surface area contributed by atoms with E-state index < -0.39 is 0 Å². The molecule has 16 heavy (non-hydrogen) atoms. The Kier molecular flexibility index (Phi) is 8.20. The molecule has 0 saturated carbocycles. The van der Waals surface area contributed by atoms with E-state index in [1.54, 1.807) is 0 Å². The number of benzene rings is 1. The van der Waals surface area contributed by atoms with Gasteiger partial charge in [-0.2, -0.15) is 0 Å². The predicted octanol–water partition coefficient (Wildman–Crippen LogP) is 5.51. The second-order valence-electron chi connectivity index (χ2n) is 3.62. The summed E-state index contributed by atoms with van der Waals surface area (Å²) >= 11 is 6.32. The van der Waals surface area contributed by atoms with E-state index >= 15 is 0 Å². The molecule has 1 aliphatic rings. The van der Waals surface area contributed by atoms with E-state index in [1.807, 2.05) is 0 Å². The van der Waals surface area contributed by atoms with E-state index in [1.165, 1.54) is 36.3 Å². The first-order valence-electron chi connectivity index (χ1n) is 5.43. The molecule has 0 spiro atoms. The summed E-state index contributed by atoms with van der Waals surface area (Å²) in [5.74, 6) is 1.51. The molecule has 1 radical (unpaired) electrons. The van der Waals surface area contributed by atoms with Gasteiger partial charge < -0.3 is 0 Å². The van der Waals surface area contributed by atoms with Crippen LogP contribution in [0.25, 0.3) is 6.08 Å². The summed E-state index contributed by atoms with van der Waals surface area (Å²) in [4.78, 5) is 0. The molecule has 85 valence electrons. The predicted molar refractivity (Wildman–Crippen MR) is 75.2 cm³/mol. The molecule has 0 unspecified atom stereocenters. The van der Waals surface area contributed by atoms with Crippen LogP contribution in [-0.4, -0.2) is 0 Å². The van der Waals surface area contributed by atoms with Crippen LogP contribution >= 0.6 is 24.4 Å². The molecule has 0 N–H and O–H groups in total. The molecule has 0 aliphatic heterocycles. The first-order chi connectivity index (χ1) is 7.83. The van der Waals surface area contributed by atoms with Gasteiger partial charge in [-0.3, -0.25) is 0 Å². The summed E-state index contributed by atoms with van der Waals surface area (Å²) in [7, 11) is 0. The Hall–Kier alpha value is 0.803. The molecule has 0 fully saturated rings. The minimum atomic E-state index is -0.145. The van der Waals surface area contributed by atoms with E-state index in [0.29, 0.717) is 0 Å². The van der Waals surface area contributed by atoms with Crippen LogP contribution < -0.4 is 0 Å². The van der Waals surface area contributed by atoms with Crippen LogP contribution in [0.1, 0.15) is 37.3 Å². The van der Waals surface area contributed by atoms with Crippen molar-refractivity contribution in [2.45, 2.75) is 26.2 Å². The van der Waals surface area contributed by atoms with Crippen LogP contribution in [0.3, 0.4) is 0 Å². The Morgan fingerprint density at radius 2 is 1.81 bits per heavy atom. The molecule has 0 atom stereocenters. The Morgan fingerprint density at radius 1 is 1.12 bits per heavy atom. The van der Waals surface area contributed by atoms with Crippen LogP contribution in [0.5, 0.6) is 0 Å². The molecule has 3 heteroatoms. The number of unbranched alkanes of at least 4 members (excludes halogenated alkanes) is 1. The van der Waals surface area contributed by atoms with Crippen LogP contribution in [0.15, 0.2) is 30.3 Å². The SMILES string of the molecule is CCCC[C]1C=Cc2ccccc21.[Br][Zr][Br]. The van der Waals surface area contributed by atoms with Gasteiger partial charge in [0, 0.05) is 5.92 Å². The zero-order valence-corrected chi connectivity index (χ0v) is 15.0. The number of allylic oxidation sites excluding steroid dienone is 1. The van der Waals surface area contributed by atoms with Crippen molar-refractivity contribution >= 4 is 30.5 Å². The van der Waals surface area contributed by atoms with Crippen molar-refractivity contribution in [1.82, 2.24) is 0 Å². The Morgan fingerprint density at radius 3 is 2.50 bits per heavy atom. The van der Waals surface area contributed by atoms with Gasteiger partial charge in [-0.25, -0.2) is 0 Å². The van der Waals surface area contributed by atoms with E-state index in [-0.39, 0.29) is 18.5 Å². The van der Waals surface area contributed by atoms with Crippen molar-refractivity contribution in [3.05, 3.63) is 47.4 Å². The summed E-state index contributed by atoms with van der Waals surface area (Å²) in [5, 5.41) is 0. The third-order valence-corrected chi connectivity index (χ3v) is 2.57. The van der Waals surface area contributed by atoms with Gasteiger partial charge in [0.25, 0.3) is 0 Å². The van der Waals surface area contributed by atoms with Gasteiger partial charge in [-0.1, -0.05) is 56.2 Å². The van der Waals surface area contributed by atoms with Gasteiger partial charge in [0.1, 0.15) is 0 Å². The molecule has 1 aliphatic carbocycles. The second-order valence-corrected chi connectivity index (χ2v) is 15.0. The molecule has 1 aromatic carbocycles. The van der Waals surface area contributed by atoms with Crippen molar-refractivity contribution in [1.29, 1.82) is 0 Å². The summed E-state index contributed by atoms with van der Waals surface area (Å²) in [5.41, 5.74) is 2.82. The van der Waals surface area contributed by atoms with E-state index in [4.69, 9.17) is 0 Å². The quantitative estimate of drug-likeness (QED) is 0.602. The Balaban J connectivity index is 0.000000386. The van der Waals surface area contributed by atoms with Gasteiger partial charge in [0.2, 0.25) is 0 Å². The molecule has 2 rings (SSSR count). The summed E-state index contributed by atoms with van der Waals surface area (Å²) in [6.45, 7) is 2.24. The third kappa shape index (κ3) is 4.58. The molecule has 0 aromatic heterocycles. The monoisotopic (exact) mass is 419 g/mol. The van der Waals surface area contributed by atoms with Crippen LogP contribution in [0.2, 0.25) is 0 Å². The molecule has 0 amide bonds. The minimum absolute atomic E-state index is 0.145. The van der Waals surface area contributed by atoms with Gasteiger partial charge in [-0.15, -0.1) is 0 Å². The van der Waals surface area contributed by atoms with Crippen molar-refractivity contribution in [2.24, 2.45) is 0 Å². The number of hydrogen-bond donors (Lipinski definition) is 0. The fraction of sp³-hybridized carbons (Fsp3) is 0.308. The first kappa shape index (κ1) is 14.9. The molecule has 1 aromatic rings. The summed E-state index contributed by atoms with van der Waals surface area (Å²) in [6.07, 6.45) is 8.29. The molecule has 0 bridgehead atoms. The van der Waals surface area contributed by atoms with Gasteiger partial charge in [0.05, 0.1) is 0 Å². The van der Waals surface area contributed by atoms with Crippen LogP contribution in [0, 0.1) is 5.92 Å². The van der Waals surface area contributed by atoms with Crippen molar-refractivity contribution < 1.29 is 18.5 Å². The average Bonchev–Trinajstić information content (AvgIpc) is 2.71. The second kappa shape index (κ2) is 8.83. The van der Waals surface area contributed by atoms with Crippen LogP contribution in [0.4, 0.5) is 0 Å². The van der Waals surface area contributed by atoms with Crippen LogP contribution in [-0.2, 0) is 18.5 Å². The number of fused-ring (bicyclic) bond motifs is 1. The van der Waals surface area contributed by atoms with Gasteiger partial charge >= 0.3 is 43.0 Å². The third-order valence-electron chi connectivity index (χ3n) is 2.57. The first-order valence-corrected chi connectivity index (χ1v) is 16.7. The molecule has 0 heterocycles. The molecule has 0 nitrogen and oxygen atoms in total. The maximum atomic E-state index is 3.23. The topological polar surface area (TPSA) is 0 Å². The fourth-order valence-electron chi connectivity index (χ4n) is 1.80. The van der Waals surface area contributed by atoms with E-state index in [2.05, 4.69) is 67.8 Å². The summed E-state index contributed by atoms with van der Waals surface area (Å²) < 4.78 is 0. The standard InChI is InChI=1S/C13H15.2BrH.Zr/c1-2-3-6-11-9-10-12-7-4-5-8-13(11)12;;;/h4-5,7-10H,2-3,6H2,1H3;2*1H;/q;;;+2/p-2. The summed E-state index contributed by atoms with van der Waals surface area (Å²) in [6, 6.07) is 8.63. The number of halogens is 2. The Bertz CT molecular complexity index is 336. The molecular weight excluding hydrogens is 407 g/mol. The number of rotatable bonds is 3. The van der Waals surface area contributed by atoms with Crippen molar-refractivity contribution in [3.8, 4) is 0 Å². The van der Waals surface area contributed by atoms with Crippen molar-refractivity contribution in [3.63, 3.8) is 0 Å². The van der Waals surface area contributed by atoms with E-state index in [0.717, 1.165) is 0 Å². The fourth-order valence-corrected chi connectivity index (χ4v) is 1.80. The van der Waals surface area contributed by atoms with Gasteiger partial charge in [-0.05, 0) is 17.5 Å². The Labute approximate surface area is 121 Å². The normalized spacial score (nSPS) is 12.9.